The lowest BCUT2D eigenvalue weighted by Gasteiger charge is -2.08. The van der Waals surface area contributed by atoms with Gasteiger partial charge in [-0.15, -0.1) is 5.10 Å². The van der Waals surface area contributed by atoms with Gasteiger partial charge >= 0.3 is 0 Å². The molecule has 0 amide bonds. The number of nitrogen functional groups attached to an aromatic ring is 1. The molecule has 18 heavy (non-hydrogen) atoms. The van der Waals surface area contributed by atoms with Gasteiger partial charge in [-0.2, -0.15) is 5.10 Å². The molecule has 0 spiro atoms. The van der Waals surface area contributed by atoms with Gasteiger partial charge in [0.25, 0.3) is 0 Å². The average molecular weight is 244 g/mol. The number of benzene rings is 1. The highest BCUT2D eigenvalue weighted by Gasteiger charge is 2.22. The summed E-state index contributed by atoms with van der Waals surface area (Å²) < 4.78 is 0. The van der Waals surface area contributed by atoms with Crippen molar-refractivity contribution in [2.75, 3.05) is 0 Å². The Morgan fingerprint density at radius 2 is 1.94 bits per heavy atom. The largest absolute Gasteiger partial charge is 0.384 e. The Hall–Kier alpha value is -2.37. The monoisotopic (exact) mass is 244 g/mol. The number of nitrogens with one attached hydrogen (secondary N) is 1. The summed E-state index contributed by atoms with van der Waals surface area (Å²) in [5.41, 5.74) is 20.8. The highest BCUT2D eigenvalue weighted by atomic mass is 15.3. The Labute approximate surface area is 105 Å². The molecule has 0 atom stereocenters. The predicted octanol–water partition coefficient (Wildman–Crippen LogP) is 0.203. The third-order valence-corrected chi connectivity index (χ3v) is 2.89. The molecule has 2 rings (SSSR count). The summed E-state index contributed by atoms with van der Waals surface area (Å²) in [7, 11) is 0. The van der Waals surface area contributed by atoms with Crippen LogP contribution >= 0.6 is 0 Å². The maximum Gasteiger partial charge on any atom is 0.211 e. The van der Waals surface area contributed by atoms with Crippen molar-refractivity contribution in [2.24, 2.45) is 27.4 Å². The smallest absolute Gasteiger partial charge is 0.211 e. The van der Waals surface area contributed by atoms with E-state index in [9.17, 15) is 0 Å². The van der Waals surface area contributed by atoms with E-state index in [-0.39, 0.29) is 11.8 Å². The quantitative estimate of drug-likeness (QED) is 0.337. The van der Waals surface area contributed by atoms with E-state index in [1.165, 1.54) is 0 Å². The summed E-state index contributed by atoms with van der Waals surface area (Å²) in [5.74, 6) is 0.0217. The molecule has 1 aliphatic carbocycles. The summed E-state index contributed by atoms with van der Waals surface area (Å²) in [4.78, 5) is 0. The van der Waals surface area contributed by atoms with E-state index in [0.29, 0.717) is 0 Å². The minimum Gasteiger partial charge on any atom is -0.384 e. The first-order valence-corrected chi connectivity index (χ1v) is 5.63. The van der Waals surface area contributed by atoms with Crippen molar-refractivity contribution in [1.29, 1.82) is 5.41 Å². The SMILES string of the molecule is Cc1cc(C(=N)N)c2c(c1)C(=NN=C(N)N)CC2. The molecule has 0 fully saturated rings. The van der Waals surface area contributed by atoms with Crippen molar-refractivity contribution in [1.82, 2.24) is 0 Å². The molecule has 0 saturated carbocycles. The summed E-state index contributed by atoms with van der Waals surface area (Å²) in [6.45, 7) is 1.96. The molecular weight excluding hydrogens is 228 g/mol. The van der Waals surface area contributed by atoms with Crippen molar-refractivity contribution in [2.45, 2.75) is 19.8 Å². The fourth-order valence-electron chi connectivity index (χ4n) is 2.18. The Bertz CT molecular complexity index is 566. The third-order valence-electron chi connectivity index (χ3n) is 2.89. The van der Waals surface area contributed by atoms with Crippen LogP contribution in [-0.2, 0) is 6.42 Å². The van der Waals surface area contributed by atoms with Gasteiger partial charge in [0, 0.05) is 11.1 Å². The van der Waals surface area contributed by atoms with Crippen molar-refractivity contribution in [3.8, 4) is 0 Å². The van der Waals surface area contributed by atoms with Gasteiger partial charge in [0.05, 0.1) is 5.71 Å². The van der Waals surface area contributed by atoms with Crippen LogP contribution in [0.2, 0.25) is 0 Å². The Kier molecular flexibility index (Phi) is 3.01. The molecule has 0 saturated heterocycles. The van der Waals surface area contributed by atoms with Crippen LogP contribution in [0.3, 0.4) is 0 Å². The Morgan fingerprint density at radius 3 is 2.56 bits per heavy atom. The number of rotatable bonds is 2. The molecule has 1 aromatic carbocycles. The number of hydrogen-bond acceptors (Lipinski definition) is 3. The van der Waals surface area contributed by atoms with Gasteiger partial charge in [-0.25, -0.2) is 0 Å². The Balaban J connectivity index is 2.54. The number of fused-ring (bicyclic) bond motifs is 1. The molecule has 0 aromatic heterocycles. The first kappa shape index (κ1) is 12.1. The van der Waals surface area contributed by atoms with Gasteiger partial charge in [-0.3, -0.25) is 5.41 Å². The molecule has 0 heterocycles. The van der Waals surface area contributed by atoms with Gasteiger partial charge in [-0.1, -0.05) is 0 Å². The van der Waals surface area contributed by atoms with Crippen LogP contribution in [0.1, 0.15) is 28.7 Å². The molecule has 94 valence electrons. The second-order valence-corrected chi connectivity index (χ2v) is 4.32. The van der Waals surface area contributed by atoms with Crippen molar-refractivity contribution in [3.63, 3.8) is 0 Å². The van der Waals surface area contributed by atoms with Crippen LogP contribution < -0.4 is 17.2 Å². The molecule has 7 N–H and O–H groups in total. The van der Waals surface area contributed by atoms with Crippen LogP contribution in [0, 0.1) is 12.3 Å². The third kappa shape index (κ3) is 2.17. The molecule has 1 aromatic rings. The number of nitrogens with zero attached hydrogens (tertiary/aromatic N) is 2. The van der Waals surface area contributed by atoms with E-state index in [1.54, 1.807) is 0 Å². The molecule has 1 aliphatic rings. The minimum atomic E-state index is -0.0598. The number of nitrogens with two attached hydrogens (primary N) is 3. The van der Waals surface area contributed by atoms with Crippen LogP contribution in [-0.4, -0.2) is 17.5 Å². The van der Waals surface area contributed by atoms with Gasteiger partial charge < -0.3 is 17.2 Å². The summed E-state index contributed by atoms with van der Waals surface area (Å²) in [5, 5.41) is 15.3. The van der Waals surface area contributed by atoms with E-state index in [2.05, 4.69) is 10.2 Å². The predicted molar refractivity (Wildman–Crippen MR) is 72.9 cm³/mol. The van der Waals surface area contributed by atoms with Crippen molar-refractivity contribution in [3.05, 3.63) is 34.4 Å². The first-order valence-electron chi connectivity index (χ1n) is 5.63. The highest BCUT2D eigenvalue weighted by Crippen LogP contribution is 2.27. The molecule has 0 bridgehead atoms. The lowest BCUT2D eigenvalue weighted by molar-refractivity contribution is 1.07. The van der Waals surface area contributed by atoms with Crippen LogP contribution in [0.5, 0.6) is 0 Å². The summed E-state index contributed by atoms with van der Waals surface area (Å²) >= 11 is 0. The van der Waals surface area contributed by atoms with Crippen LogP contribution in [0.25, 0.3) is 0 Å². The van der Waals surface area contributed by atoms with Crippen LogP contribution in [0.4, 0.5) is 0 Å². The number of guanidine groups is 1. The fourth-order valence-corrected chi connectivity index (χ4v) is 2.18. The normalized spacial score (nSPS) is 15.5. The molecule has 0 radical (unpaired) electrons. The molecular formula is C12H16N6. The van der Waals surface area contributed by atoms with Crippen LogP contribution in [0.15, 0.2) is 22.3 Å². The lowest BCUT2D eigenvalue weighted by atomic mass is 9.99. The van der Waals surface area contributed by atoms with Gasteiger partial charge in [0.2, 0.25) is 5.96 Å². The second-order valence-electron chi connectivity index (χ2n) is 4.32. The highest BCUT2D eigenvalue weighted by molar-refractivity contribution is 6.08. The van der Waals surface area contributed by atoms with E-state index >= 15 is 0 Å². The maximum absolute atomic E-state index is 7.61. The zero-order chi connectivity index (χ0) is 13.3. The first-order chi connectivity index (χ1) is 8.49. The molecule has 0 aliphatic heterocycles. The second kappa shape index (κ2) is 4.48. The van der Waals surface area contributed by atoms with E-state index in [4.69, 9.17) is 22.6 Å². The standard InChI is InChI=1S/C12H16N6/c1-6-4-8-7(9(5-6)11(13)14)2-3-10(8)17-18-12(15)16/h4-5H,2-3H2,1H3,(H3,13,14)(H4,15,16,18). The van der Waals surface area contributed by atoms with Gasteiger partial charge in [0.1, 0.15) is 5.84 Å². The lowest BCUT2D eigenvalue weighted by Crippen LogP contribution is -2.22. The van der Waals surface area contributed by atoms with E-state index < -0.39 is 0 Å². The van der Waals surface area contributed by atoms with Crippen molar-refractivity contribution < 1.29 is 0 Å². The van der Waals surface area contributed by atoms with Crippen molar-refractivity contribution >= 4 is 17.5 Å². The maximum atomic E-state index is 7.61. The zero-order valence-electron chi connectivity index (χ0n) is 10.2. The Morgan fingerprint density at radius 1 is 1.22 bits per heavy atom. The fraction of sp³-hybridized carbons (Fsp3) is 0.250. The number of amidine groups is 1. The zero-order valence-corrected chi connectivity index (χ0v) is 10.2. The van der Waals surface area contributed by atoms with Gasteiger partial charge in [0.15, 0.2) is 0 Å². The number of aryl methyl sites for hydroxylation is 1. The molecule has 6 nitrogen and oxygen atoms in total. The molecule has 0 unspecified atom stereocenters. The molecule has 6 heteroatoms. The summed E-state index contributed by atoms with van der Waals surface area (Å²) in [6, 6.07) is 3.94. The topological polar surface area (TPSA) is 127 Å². The number of hydrogen-bond donors (Lipinski definition) is 4. The average Bonchev–Trinajstić information content (AvgIpc) is 2.68. The summed E-state index contributed by atoms with van der Waals surface area (Å²) in [6.07, 6.45) is 1.57. The van der Waals surface area contributed by atoms with E-state index in [1.807, 2.05) is 19.1 Å². The van der Waals surface area contributed by atoms with Gasteiger partial charge in [-0.05, 0) is 43.0 Å². The van der Waals surface area contributed by atoms with E-state index in [0.717, 1.165) is 40.8 Å². The minimum absolute atomic E-state index is 0.0598.